The molecule has 2 rings (SSSR count). The third kappa shape index (κ3) is 3.93. The lowest BCUT2D eigenvalue weighted by Gasteiger charge is -2.13. The molecule has 0 unspecified atom stereocenters. The number of nitrogens with one attached hydrogen (secondary N) is 2. The van der Waals surface area contributed by atoms with Crippen LogP contribution in [0, 0.1) is 6.92 Å². The summed E-state index contributed by atoms with van der Waals surface area (Å²) in [6.45, 7) is 4.57. The van der Waals surface area contributed by atoms with Crippen molar-refractivity contribution in [2.75, 3.05) is 7.05 Å². The Balaban J connectivity index is 1.99. The van der Waals surface area contributed by atoms with Gasteiger partial charge in [0.2, 0.25) is 5.09 Å². The summed E-state index contributed by atoms with van der Waals surface area (Å²) < 4.78 is 30.7. The van der Waals surface area contributed by atoms with Crippen LogP contribution < -0.4 is 10.0 Å². The summed E-state index contributed by atoms with van der Waals surface area (Å²) in [6.07, 6.45) is 0. The molecule has 0 aliphatic rings. The maximum absolute atomic E-state index is 11.6. The van der Waals surface area contributed by atoms with Crippen molar-refractivity contribution in [1.29, 1.82) is 0 Å². The molecule has 1 heterocycles. The Hall–Kier alpha value is -1.63. The van der Waals surface area contributed by atoms with Crippen LogP contribution in [0.2, 0.25) is 0 Å². The monoisotopic (exact) mass is 308 g/mol. The molecule has 1 aromatic carbocycles. The van der Waals surface area contributed by atoms with Crippen molar-refractivity contribution in [3.05, 3.63) is 53.3 Å². The predicted octanol–water partition coefficient (Wildman–Crippen LogP) is 2.35. The van der Waals surface area contributed by atoms with E-state index in [1.54, 1.807) is 6.07 Å². The molecule has 114 valence electrons. The molecular formula is C15H20N2O3S. The van der Waals surface area contributed by atoms with E-state index in [1.807, 2.05) is 0 Å². The Morgan fingerprint density at radius 2 is 1.81 bits per heavy atom. The van der Waals surface area contributed by atoms with Gasteiger partial charge in [-0.15, -0.1) is 0 Å². The highest BCUT2D eigenvalue weighted by molar-refractivity contribution is 7.89. The molecule has 0 spiro atoms. The van der Waals surface area contributed by atoms with Gasteiger partial charge in [0, 0.05) is 6.04 Å². The topological polar surface area (TPSA) is 71.3 Å². The number of benzene rings is 1. The SMILES string of the molecule is CNS(=O)(=O)c1ccc(CN[C@H](C)c2ccc(C)cc2)o1. The number of furan rings is 1. The highest BCUT2D eigenvalue weighted by Crippen LogP contribution is 2.16. The van der Waals surface area contributed by atoms with E-state index in [-0.39, 0.29) is 11.1 Å². The van der Waals surface area contributed by atoms with Gasteiger partial charge in [-0.05, 0) is 38.6 Å². The molecule has 2 N–H and O–H groups in total. The van der Waals surface area contributed by atoms with Crippen molar-refractivity contribution < 1.29 is 12.8 Å². The second kappa shape index (κ2) is 6.43. The van der Waals surface area contributed by atoms with Gasteiger partial charge in [0.05, 0.1) is 6.54 Å². The molecule has 0 aliphatic heterocycles. The summed E-state index contributed by atoms with van der Waals surface area (Å²) >= 11 is 0. The molecule has 6 heteroatoms. The van der Waals surface area contributed by atoms with Crippen LogP contribution >= 0.6 is 0 Å². The van der Waals surface area contributed by atoms with E-state index in [4.69, 9.17) is 4.42 Å². The molecule has 0 amide bonds. The van der Waals surface area contributed by atoms with E-state index in [0.717, 1.165) is 0 Å². The minimum atomic E-state index is -3.52. The van der Waals surface area contributed by atoms with E-state index in [2.05, 4.69) is 48.2 Å². The van der Waals surface area contributed by atoms with E-state index < -0.39 is 10.0 Å². The number of sulfonamides is 1. The standard InChI is InChI=1S/C15H20N2O3S/c1-11-4-6-13(7-5-11)12(2)17-10-14-8-9-15(20-14)21(18,19)16-3/h4-9,12,16-17H,10H2,1-3H3/t12-/m1/s1. The van der Waals surface area contributed by atoms with Gasteiger partial charge in [0.1, 0.15) is 5.76 Å². The van der Waals surface area contributed by atoms with Crippen LogP contribution in [-0.4, -0.2) is 15.5 Å². The van der Waals surface area contributed by atoms with Crippen molar-refractivity contribution in [3.63, 3.8) is 0 Å². The molecule has 1 aromatic heterocycles. The molecule has 0 fully saturated rings. The van der Waals surface area contributed by atoms with Crippen molar-refractivity contribution in [2.45, 2.75) is 31.5 Å². The third-order valence-corrected chi connectivity index (χ3v) is 4.62. The quantitative estimate of drug-likeness (QED) is 0.859. The third-order valence-electron chi connectivity index (χ3n) is 3.33. The largest absolute Gasteiger partial charge is 0.447 e. The van der Waals surface area contributed by atoms with Crippen molar-refractivity contribution >= 4 is 10.0 Å². The summed E-state index contributed by atoms with van der Waals surface area (Å²) in [5, 5.41) is 3.24. The Morgan fingerprint density at radius 3 is 2.43 bits per heavy atom. The van der Waals surface area contributed by atoms with Gasteiger partial charge >= 0.3 is 0 Å². The van der Waals surface area contributed by atoms with Crippen LogP contribution in [0.4, 0.5) is 0 Å². The Bertz CT molecular complexity index is 690. The summed E-state index contributed by atoms with van der Waals surface area (Å²) in [4.78, 5) is 0. The van der Waals surface area contributed by atoms with Crippen LogP contribution in [0.3, 0.4) is 0 Å². The van der Waals surface area contributed by atoms with E-state index >= 15 is 0 Å². The maximum Gasteiger partial charge on any atom is 0.273 e. The summed E-state index contributed by atoms with van der Waals surface area (Å²) in [5.41, 5.74) is 2.40. The Kier molecular flexibility index (Phi) is 4.82. The van der Waals surface area contributed by atoms with E-state index in [9.17, 15) is 8.42 Å². The average Bonchev–Trinajstić information content (AvgIpc) is 2.95. The predicted molar refractivity (Wildman–Crippen MR) is 81.4 cm³/mol. The molecule has 5 nitrogen and oxygen atoms in total. The zero-order chi connectivity index (χ0) is 15.5. The normalized spacial score (nSPS) is 13.3. The van der Waals surface area contributed by atoms with Crippen LogP contribution in [-0.2, 0) is 16.6 Å². The smallest absolute Gasteiger partial charge is 0.273 e. The second-order valence-electron chi connectivity index (χ2n) is 4.94. The first kappa shape index (κ1) is 15.8. The van der Waals surface area contributed by atoms with Crippen LogP contribution in [0.1, 0.15) is 29.9 Å². The number of hydrogen-bond donors (Lipinski definition) is 2. The second-order valence-corrected chi connectivity index (χ2v) is 6.76. The maximum atomic E-state index is 11.6. The molecule has 0 aliphatic carbocycles. The molecular weight excluding hydrogens is 288 g/mol. The number of rotatable bonds is 6. The Labute approximate surface area is 125 Å². The van der Waals surface area contributed by atoms with Crippen molar-refractivity contribution in [1.82, 2.24) is 10.0 Å². The number of hydrogen-bond acceptors (Lipinski definition) is 4. The highest BCUT2D eigenvalue weighted by Gasteiger charge is 2.16. The zero-order valence-electron chi connectivity index (χ0n) is 12.4. The van der Waals surface area contributed by atoms with Crippen LogP contribution in [0.25, 0.3) is 0 Å². The summed E-state index contributed by atoms with van der Waals surface area (Å²) in [7, 11) is -2.16. The molecule has 2 aromatic rings. The minimum Gasteiger partial charge on any atom is -0.447 e. The first-order valence-corrected chi connectivity index (χ1v) is 8.23. The molecule has 1 atom stereocenters. The fourth-order valence-electron chi connectivity index (χ4n) is 1.92. The highest BCUT2D eigenvalue weighted by atomic mass is 32.2. The average molecular weight is 308 g/mol. The van der Waals surface area contributed by atoms with Gasteiger partial charge < -0.3 is 9.73 Å². The van der Waals surface area contributed by atoms with Gasteiger partial charge in [-0.25, -0.2) is 13.1 Å². The molecule has 0 radical (unpaired) electrons. The molecule has 0 saturated heterocycles. The van der Waals surface area contributed by atoms with Gasteiger partial charge in [0.25, 0.3) is 10.0 Å². The fraction of sp³-hybridized carbons (Fsp3) is 0.333. The van der Waals surface area contributed by atoms with Crippen LogP contribution in [0.15, 0.2) is 45.9 Å². The van der Waals surface area contributed by atoms with Gasteiger partial charge in [-0.1, -0.05) is 29.8 Å². The lowest BCUT2D eigenvalue weighted by molar-refractivity contribution is 0.392. The summed E-state index contributed by atoms with van der Waals surface area (Å²) in [6, 6.07) is 11.6. The van der Waals surface area contributed by atoms with E-state index in [0.29, 0.717) is 12.3 Å². The molecule has 21 heavy (non-hydrogen) atoms. The lowest BCUT2D eigenvalue weighted by atomic mass is 10.1. The van der Waals surface area contributed by atoms with Crippen molar-refractivity contribution in [2.24, 2.45) is 0 Å². The minimum absolute atomic E-state index is 0.0650. The van der Waals surface area contributed by atoms with E-state index in [1.165, 1.54) is 24.2 Å². The molecule has 0 saturated carbocycles. The first-order chi connectivity index (χ1) is 9.92. The van der Waals surface area contributed by atoms with Gasteiger partial charge in [0.15, 0.2) is 0 Å². The number of aryl methyl sites for hydroxylation is 1. The van der Waals surface area contributed by atoms with Crippen molar-refractivity contribution in [3.8, 4) is 0 Å². The lowest BCUT2D eigenvalue weighted by Crippen LogP contribution is -2.18. The van der Waals surface area contributed by atoms with Crippen LogP contribution in [0.5, 0.6) is 0 Å². The molecule has 0 bridgehead atoms. The summed E-state index contributed by atoms with van der Waals surface area (Å²) in [5.74, 6) is 0.586. The Morgan fingerprint density at radius 1 is 1.14 bits per heavy atom. The van der Waals surface area contributed by atoms with Gasteiger partial charge in [-0.2, -0.15) is 0 Å². The van der Waals surface area contributed by atoms with Gasteiger partial charge in [-0.3, -0.25) is 0 Å². The zero-order valence-corrected chi connectivity index (χ0v) is 13.2. The fourth-order valence-corrected chi connectivity index (χ4v) is 2.59. The first-order valence-electron chi connectivity index (χ1n) is 6.74.